The third kappa shape index (κ3) is 6.62. The molecule has 0 atom stereocenters. The average molecular weight is 489 g/mol. The van der Waals surface area contributed by atoms with Crippen molar-refractivity contribution in [2.45, 2.75) is 13.3 Å². The van der Waals surface area contributed by atoms with E-state index in [1.54, 1.807) is 0 Å². The summed E-state index contributed by atoms with van der Waals surface area (Å²) in [5.41, 5.74) is 2.02. The Bertz CT molecular complexity index is 730. The molecule has 3 N–H and O–H groups in total. The van der Waals surface area contributed by atoms with Crippen molar-refractivity contribution >= 4 is 40.8 Å². The summed E-state index contributed by atoms with van der Waals surface area (Å²) in [6, 6.07) is 4.87. The van der Waals surface area contributed by atoms with Crippen molar-refractivity contribution in [3.63, 3.8) is 0 Å². The van der Waals surface area contributed by atoms with Crippen molar-refractivity contribution in [3.05, 3.63) is 35.8 Å². The first-order chi connectivity index (χ1) is 12.8. The number of guanidine groups is 1. The number of H-pyrrole nitrogens is 1. The molecule has 0 radical (unpaired) electrons. The largest absolute Gasteiger partial charge is 0.379 e. The molecule has 1 aliphatic rings. The van der Waals surface area contributed by atoms with E-state index in [2.05, 4.69) is 32.4 Å². The van der Waals surface area contributed by atoms with Crippen LogP contribution in [0.1, 0.15) is 12.5 Å². The number of morpholine rings is 1. The molecule has 0 unspecified atom stereocenters. The van der Waals surface area contributed by atoms with Gasteiger partial charge < -0.3 is 20.4 Å². The van der Waals surface area contributed by atoms with Crippen LogP contribution in [0.2, 0.25) is 0 Å². The van der Waals surface area contributed by atoms with Crippen molar-refractivity contribution in [2.24, 2.45) is 4.99 Å². The Morgan fingerprint density at radius 1 is 1.30 bits per heavy atom. The molecule has 8 heteroatoms. The summed E-state index contributed by atoms with van der Waals surface area (Å²) in [5, 5.41) is 7.74. The number of aliphatic imine (C=N–C) groups is 1. The highest BCUT2D eigenvalue weighted by Crippen LogP contribution is 2.19. The summed E-state index contributed by atoms with van der Waals surface area (Å²) >= 11 is 0. The van der Waals surface area contributed by atoms with E-state index in [4.69, 9.17) is 4.74 Å². The second-order valence-electron chi connectivity index (χ2n) is 6.40. The molecule has 0 saturated carbocycles. The van der Waals surface area contributed by atoms with Gasteiger partial charge in [-0.3, -0.25) is 9.89 Å². The van der Waals surface area contributed by atoms with Crippen LogP contribution in [0.3, 0.4) is 0 Å². The van der Waals surface area contributed by atoms with Crippen molar-refractivity contribution < 1.29 is 9.13 Å². The molecule has 0 bridgehead atoms. The van der Waals surface area contributed by atoms with Gasteiger partial charge in [-0.25, -0.2) is 4.39 Å². The molecular formula is C19H29FIN5O. The zero-order chi connectivity index (χ0) is 18.2. The summed E-state index contributed by atoms with van der Waals surface area (Å²) in [5.74, 6) is 0.623. The zero-order valence-corrected chi connectivity index (χ0v) is 18.1. The van der Waals surface area contributed by atoms with Crippen molar-refractivity contribution in [3.8, 4) is 0 Å². The highest BCUT2D eigenvalue weighted by atomic mass is 127. The topological polar surface area (TPSA) is 64.7 Å². The van der Waals surface area contributed by atoms with Crippen molar-refractivity contribution in [1.29, 1.82) is 0 Å². The van der Waals surface area contributed by atoms with E-state index in [-0.39, 0.29) is 29.8 Å². The molecular weight excluding hydrogens is 460 g/mol. The lowest BCUT2D eigenvalue weighted by atomic mass is 10.1. The van der Waals surface area contributed by atoms with Crippen LogP contribution in [0.25, 0.3) is 10.9 Å². The monoisotopic (exact) mass is 489 g/mol. The molecule has 1 aromatic carbocycles. The number of aromatic amines is 1. The molecule has 1 aromatic heterocycles. The molecule has 2 aromatic rings. The first-order valence-electron chi connectivity index (χ1n) is 9.34. The Labute approximate surface area is 177 Å². The number of fused-ring (bicyclic) bond motifs is 1. The van der Waals surface area contributed by atoms with Crippen LogP contribution in [0.4, 0.5) is 4.39 Å². The minimum Gasteiger partial charge on any atom is -0.379 e. The standard InChI is InChI=1S/C19H28FN5O.HI/c1-2-21-19(23-7-8-25-9-11-26-12-10-25)22-6-5-15-14-24-18-13-16(20)3-4-17(15)18;/h3-4,13-14,24H,2,5-12H2,1H3,(H2,21,22,23);1H. The van der Waals surface area contributed by atoms with Gasteiger partial charge in [0.05, 0.1) is 19.8 Å². The van der Waals surface area contributed by atoms with Gasteiger partial charge in [0.25, 0.3) is 0 Å². The first-order valence-corrected chi connectivity index (χ1v) is 9.34. The van der Waals surface area contributed by atoms with Crippen LogP contribution >= 0.6 is 24.0 Å². The summed E-state index contributed by atoms with van der Waals surface area (Å²) in [4.78, 5) is 10.2. The third-order valence-corrected chi connectivity index (χ3v) is 4.55. The molecule has 0 spiro atoms. The molecule has 3 rings (SSSR count). The Balaban J connectivity index is 0.00000261. The predicted octanol–water partition coefficient (Wildman–Crippen LogP) is 2.35. The second kappa shape index (κ2) is 11.5. The molecule has 1 aliphatic heterocycles. The summed E-state index contributed by atoms with van der Waals surface area (Å²) in [6.07, 6.45) is 2.80. The lowest BCUT2D eigenvalue weighted by Gasteiger charge is -2.25. The van der Waals surface area contributed by atoms with Gasteiger partial charge in [-0.15, -0.1) is 24.0 Å². The van der Waals surface area contributed by atoms with Gasteiger partial charge in [-0.05, 0) is 37.1 Å². The molecule has 27 heavy (non-hydrogen) atoms. The van der Waals surface area contributed by atoms with Crippen LogP contribution in [-0.2, 0) is 11.2 Å². The van der Waals surface area contributed by atoms with Crippen LogP contribution < -0.4 is 10.6 Å². The van der Waals surface area contributed by atoms with Gasteiger partial charge >= 0.3 is 0 Å². The number of hydrogen-bond acceptors (Lipinski definition) is 3. The number of rotatable bonds is 7. The van der Waals surface area contributed by atoms with Crippen LogP contribution in [0.15, 0.2) is 29.4 Å². The van der Waals surface area contributed by atoms with Gasteiger partial charge in [0.15, 0.2) is 5.96 Å². The Morgan fingerprint density at radius 2 is 2.11 bits per heavy atom. The van der Waals surface area contributed by atoms with Gasteiger partial charge in [0, 0.05) is 49.8 Å². The maximum atomic E-state index is 13.3. The fourth-order valence-corrected chi connectivity index (χ4v) is 3.15. The van der Waals surface area contributed by atoms with Gasteiger partial charge in [0.1, 0.15) is 5.82 Å². The van der Waals surface area contributed by atoms with E-state index in [1.165, 1.54) is 17.7 Å². The van der Waals surface area contributed by atoms with Crippen molar-refractivity contribution in [2.75, 3.05) is 52.5 Å². The minimum atomic E-state index is -0.217. The molecule has 6 nitrogen and oxygen atoms in total. The van der Waals surface area contributed by atoms with Crippen molar-refractivity contribution in [1.82, 2.24) is 20.5 Å². The SMILES string of the molecule is CCNC(=NCCN1CCOCC1)NCCc1c[nH]c2cc(F)ccc12.I. The second-order valence-corrected chi connectivity index (χ2v) is 6.40. The Hall–Kier alpha value is -1.39. The Kier molecular flexibility index (Phi) is 9.29. The number of nitrogens with zero attached hydrogens (tertiary/aromatic N) is 2. The zero-order valence-electron chi connectivity index (χ0n) is 15.8. The highest BCUT2D eigenvalue weighted by Gasteiger charge is 2.09. The van der Waals surface area contributed by atoms with Gasteiger partial charge in [-0.1, -0.05) is 0 Å². The number of nitrogens with one attached hydrogen (secondary N) is 3. The summed E-state index contributed by atoms with van der Waals surface area (Å²) in [7, 11) is 0. The smallest absolute Gasteiger partial charge is 0.191 e. The quantitative estimate of drug-likeness (QED) is 0.318. The van der Waals surface area contributed by atoms with Crippen LogP contribution in [0, 0.1) is 5.82 Å². The molecule has 0 amide bonds. The number of hydrogen-bond donors (Lipinski definition) is 3. The fraction of sp³-hybridized carbons (Fsp3) is 0.526. The minimum absolute atomic E-state index is 0. The summed E-state index contributed by atoms with van der Waals surface area (Å²) in [6.45, 7) is 8.99. The third-order valence-electron chi connectivity index (χ3n) is 4.55. The molecule has 1 fully saturated rings. The number of benzene rings is 1. The maximum Gasteiger partial charge on any atom is 0.191 e. The Morgan fingerprint density at radius 3 is 2.89 bits per heavy atom. The number of aromatic nitrogens is 1. The lowest BCUT2D eigenvalue weighted by molar-refractivity contribution is 0.0394. The van der Waals surface area contributed by atoms with Gasteiger partial charge in [0.2, 0.25) is 0 Å². The molecule has 2 heterocycles. The van der Waals surface area contributed by atoms with E-state index >= 15 is 0 Å². The average Bonchev–Trinajstić information content (AvgIpc) is 3.04. The van der Waals surface area contributed by atoms with Crippen LogP contribution in [-0.4, -0.2) is 68.3 Å². The van der Waals surface area contributed by atoms with E-state index in [1.807, 2.05) is 12.3 Å². The molecule has 0 aliphatic carbocycles. The number of ether oxygens (including phenoxy) is 1. The number of halogens is 2. The fourth-order valence-electron chi connectivity index (χ4n) is 3.15. The normalized spacial score (nSPS) is 15.6. The van der Waals surface area contributed by atoms with E-state index in [9.17, 15) is 4.39 Å². The highest BCUT2D eigenvalue weighted by molar-refractivity contribution is 14.0. The first kappa shape index (κ1) is 21.9. The summed E-state index contributed by atoms with van der Waals surface area (Å²) < 4.78 is 18.6. The van der Waals surface area contributed by atoms with E-state index in [0.29, 0.717) is 0 Å². The predicted molar refractivity (Wildman–Crippen MR) is 119 cm³/mol. The lowest BCUT2D eigenvalue weighted by Crippen LogP contribution is -2.40. The van der Waals surface area contributed by atoms with E-state index in [0.717, 1.165) is 75.8 Å². The molecule has 150 valence electrons. The van der Waals surface area contributed by atoms with Crippen LogP contribution in [0.5, 0.6) is 0 Å². The van der Waals surface area contributed by atoms with E-state index < -0.39 is 0 Å². The molecule has 1 saturated heterocycles. The maximum absolute atomic E-state index is 13.3. The van der Waals surface area contributed by atoms with Gasteiger partial charge in [-0.2, -0.15) is 0 Å².